The van der Waals surface area contributed by atoms with Crippen molar-refractivity contribution in [2.75, 3.05) is 6.54 Å². The topological polar surface area (TPSA) is 38.3 Å². The van der Waals surface area contributed by atoms with Gasteiger partial charge in [0.15, 0.2) is 5.58 Å². The quantitative estimate of drug-likeness (QED) is 0.703. The highest BCUT2D eigenvalue weighted by Gasteiger charge is 2.24. The maximum absolute atomic E-state index is 6.39. The van der Waals surface area contributed by atoms with Gasteiger partial charge in [-0.3, -0.25) is 0 Å². The second kappa shape index (κ2) is 4.29. The highest BCUT2D eigenvalue weighted by Crippen LogP contribution is 2.41. The molecular formula is C15H14ClNO2. The van der Waals surface area contributed by atoms with E-state index in [4.69, 9.17) is 20.4 Å². The normalized spacial score (nSPS) is 20.4. The van der Waals surface area contributed by atoms with E-state index in [9.17, 15) is 0 Å². The minimum Gasteiger partial charge on any atom is -0.464 e. The molecule has 3 nitrogen and oxygen atoms in total. The summed E-state index contributed by atoms with van der Waals surface area (Å²) in [4.78, 5) is 0. The van der Waals surface area contributed by atoms with Crippen molar-refractivity contribution < 1.29 is 8.83 Å². The van der Waals surface area contributed by atoms with Crippen LogP contribution in [0.5, 0.6) is 0 Å². The molecule has 0 amide bonds. The van der Waals surface area contributed by atoms with Crippen LogP contribution in [0.3, 0.4) is 0 Å². The van der Waals surface area contributed by atoms with Crippen molar-refractivity contribution in [3.63, 3.8) is 0 Å². The maximum atomic E-state index is 6.39. The Bertz CT molecular complexity index is 685. The van der Waals surface area contributed by atoms with E-state index in [1.807, 2.05) is 12.1 Å². The molecule has 4 rings (SSSR count). The smallest absolute Gasteiger partial charge is 0.153 e. The third-order valence-corrected chi connectivity index (χ3v) is 4.34. The van der Waals surface area contributed by atoms with Gasteiger partial charge in [-0.15, -0.1) is 0 Å². The summed E-state index contributed by atoms with van der Waals surface area (Å²) < 4.78 is 11.3. The van der Waals surface area contributed by atoms with Crippen LogP contribution in [0.25, 0.3) is 21.9 Å². The molecule has 0 saturated carbocycles. The van der Waals surface area contributed by atoms with E-state index >= 15 is 0 Å². The fraction of sp³-hybridized carbons (Fsp3) is 0.333. The van der Waals surface area contributed by atoms with E-state index in [1.165, 1.54) is 18.4 Å². The van der Waals surface area contributed by atoms with Gasteiger partial charge in [0.1, 0.15) is 5.58 Å². The highest BCUT2D eigenvalue weighted by molar-refractivity contribution is 6.40. The maximum Gasteiger partial charge on any atom is 0.153 e. The van der Waals surface area contributed by atoms with Crippen molar-refractivity contribution >= 4 is 33.5 Å². The Morgan fingerprint density at radius 3 is 2.63 bits per heavy atom. The molecule has 1 N–H and O–H groups in total. The van der Waals surface area contributed by atoms with Gasteiger partial charge in [-0.2, -0.15) is 0 Å². The fourth-order valence-corrected chi connectivity index (χ4v) is 3.37. The zero-order valence-corrected chi connectivity index (χ0v) is 11.2. The van der Waals surface area contributed by atoms with Crippen LogP contribution in [0.4, 0.5) is 0 Å². The van der Waals surface area contributed by atoms with Gasteiger partial charge in [0.05, 0.1) is 17.5 Å². The second-order valence-corrected chi connectivity index (χ2v) is 5.43. The SMILES string of the molecule is Clc1c2ccoc2c(C2CCCCN2)c2ccoc12. The van der Waals surface area contributed by atoms with Crippen LogP contribution >= 0.6 is 11.6 Å². The molecule has 1 aromatic carbocycles. The lowest BCUT2D eigenvalue weighted by Crippen LogP contribution is -2.27. The lowest BCUT2D eigenvalue weighted by Gasteiger charge is -2.24. The molecule has 19 heavy (non-hydrogen) atoms. The van der Waals surface area contributed by atoms with Crippen LogP contribution in [0, 0.1) is 0 Å². The summed E-state index contributed by atoms with van der Waals surface area (Å²) in [5.41, 5.74) is 2.84. The first-order valence-electron chi connectivity index (χ1n) is 6.65. The molecule has 0 spiro atoms. The minimum atomic E-state index is 0.319. The Kier molecular flexibility index (Phi) is 2.57. The summed E-state index contributed by atoms with van der Waals surface area (Å²) in [6.45, 7) is 1.05. The van der Waals surface area contributed by atoms with E-state index in [1.54, 1.807) is 12.5 Å². The monoisotopic (exact) mass is 275 g/mol. The minimum absolute atomic E-state index is 0.319. The first-order chi connectivity index (χ1) is 9.36. The largest absolute Gasteiger partial charge is 0.464 e. The lowest BCUT2D eigenvalue weighted by molar-refractivity contribution is 0.412. The van der Waals surface area contributed by atoms with E-state index in [-0.39, 0.29) is 0 Å². The number of piperidine rings is 1. The predicted octanol–water partition coefficient (Wildman–Crippen LogP) is 4.65. The first kappa shape index (κ1) is 11.4. The van der Waals surface area contributed by atoms with Gasteiger partial charge in [-0.25, -0.2) is 0 Å². The van der Waals surface area contributed by atoms with Gasteiger partial charge >= 0.3 is 0 Å². The van der Waals surface area contributed by atoms with Crippen LogP contribution in [0.2, 0.25) is 5.02 Å². The standard InChI is InChI=1S/C15H14ClNO2/c16-13-10-5-8-18-14(10)12(9-4-7-19-15(9)13)11-3-1-2-6-17-11/h4-5,7-8,11,17H,1-3,6H2. The van der Waals surface area contributed by atoms with Crippen LogP contribution in [-0.2, 0) is 0 Å². The molecule has 1 unspecified atom stereocenters. The molecule has 1 saturated heterocycles. The summed E-state index contributed by atoms with van der Waals surface area (Å²) in [6, 6.07) is 4.21. The molecule has 2 aromatic heterocycles. The molecule has 0 bridgehead atoms. The summed E-state index contributed by atoms with van der Waals surface area (Å²) in [5, 5.41) is 6.21. The third kappa shape index (κ3) is 1.62. The second-order valence-electron chi connectivity index (χ2n) is 5.06. The molecule has 1 aliphatic heterocycles. The molecule has 0 radical (unpaired) electrons. The number of hydrogen-bond acceptors (Lipinski definition) is 3. The van der Waals surface area contributed by atoms with Crippen LogP contribution in [-0.4, -0.2) is 6.54 Å². The predicted molar refractivity (Wildman–Crippen MR) is 75.6 cm³/mol. The van der Waals surface area contributed by atoms with E-state index in [2.05, 4.69) is 5.32 Å². The van der Waals surface area contributed by atoms with E-state index in [0.29, 0.717) is 11.1 Å². The Morgan fingerprint density at radius 2 is 1.84 bits per heavy atom. The van der Waals surface area contributed by atoms with Crippen LogP contribution in [0.1, 0.15) is 30.9 Å². The number of rotatable bonds is 1. The van der Waals surface area contributed by atoms with Crippen molar-refractivity contribution in [1.29, 1.82) is 0 Å². The molecule has 3 heterocycles. The number of benzene rings is 1. The Labute approximate surface area is 115 Å². The van der Waals surface area contributed by atoms with Gasteiger partial charge in [-0.1, -0.05) is 18.0 Å². The van der Waals surface area contributed by atoms with Gasteiger partial charge in [-0.05, 0) is 31.5 Å². The van der Waals surface area contributed by atoms with Gasteiger partial charge in [0.25, 0.3) is 0 Å². The van der Waals surface area contributed by atoms with Crippen LogP contribution in [0.15, 0.2) is 33.5 Å². The molecule has 4 heteroatoms. The molecule has 1 fully saturated rings. The fourth-order valence-electron chi connectivity index (χ4n) is 3.07. The number of furan rings is 2. The highest BCUT2D eigenvalue weighted by atomic mass is 35.5. The van der Waals surface area contributed by atoms with Crippen molar-refractivity contribution in [3.8, 4) is 0 Å². The molecular weight excluding hydrogens is 262 g/mol. The average Bonchev–Trinajstić information content (AvgIpc) is 3.09. The van der Waals surface area contributed by atoms with E-state index < -0.39 is 0 Å². The van der Waals surface area contributed by atoms with Crippen molar-refractivity contribution in [2.45, 2.75) is 25.3 Å². The third-order valence-electron chi connectivity index (χ3n) is 3.96. The van der Waals surface area contributed by atoms with Gasteiger partial charge < -0.3 is 14.2 Å². The molecule has 3 aromatic rings. The first-order valence-corrected chi connectivity index (χ1v) is 7.03. The summed E-state index contributed by atoms with van der Waals surface area (Å²) in [5.74, 6) is 0. The Morgan fingerprint density at radius 1 is 1.05 bits per heavy atom. The Balaban J connectivity index is 2.06. The number of fused-ring (bicyclic) bond motifs is 2. The molecule has 1 atom stereocenters. The zero-order valence-electron chi connectivity index (χ0n) is 10.4. The zero-order chi connectivity index (χ0) is 12.8. The number of nitrogens with one attached hydrogen (secondary N) is 1. The molecule has 98 valence electrons. The number of halogens is 1. The summed E-state index contributed by atoms with van der Waals surface area (Å²) in [7, 11) is 0. The van der Waals surface area contributed by atoms with Crippen LogP contribution < -0.4 is 5.32 Å². The number of hydrogen-bond donors (Lipinski definition) is 1. The summed E-state index contributed by atoms with van der Waals surface area (Å²) in [6.07, 6.45) is 6.99. The molecule has 1 aliphatic rings. The van der Waals surface area contributed by atoms with Crippen molar-refractivity contribution in [2.24, 2.45) is 0 Å². The summed E-state index contributed by atoms with van der Waals surface area (Å²) >= 11 is 6.39. The van der Waals surface area contributed by atoms with E-state index in [0.717, 1.165) is 34.9 Å². The van der Waals surface area contributed by atoms with Crippen molar-refractivity contribution in [1.82, 2.24) is 5.32 Å². The lowest BCUT2D eigenvalue weighted by atomic mass is 9.93. The van der Waals surface area contributed by atoms with Gasteiger partial charge in [0.2, 0.25) is 0 Å². The Hall–Kier alpha value is -1.45. The molecule has 0 aliphatic carbocycles. The van der Waals surface area contributed by atoms with Crippen molar-refractivity contribution in [3.05, 3.63) is 35.2 Å². The van der Waals surface area contributed by atoms with Gasteiger partial charge in [0, 0.05) is 22.4 Å². The average molecular weight is 276 g/mol.